The molecule has 0 unspecified atom stereocenters. The molecular weight excluding hydrogens is 424 g/mol. The lowest BCUT2D eigenvalue weighted by Crippen LogP contribution is -2.41. The summed E-state index contributed by atoms with van der Waals surface area (Å²) in [5.41, 5.74) is -0.418. The number of ether oxygens (including phenoxy) is 1. The number of nitro groups is 1. The lowest BCUT2D eigenvalue weighted by atomic mass is 10.1. The second-order valence-electron chi connectivity index (χ2n) is 5.61. The molecule has 1 amide bonds. The maximum Gasteiger partial charge on any atom is 0.406 e. The average molecular weight is 437 g/mol. The van der Waals surface area contributed by atoms with Gasteiger partial charge in [-0.3, -0.25) is 14.9 Å². The molecule has 0 fully saturated rings. The van der Waals surface area contributed by atoms with Gasteiger partial charge in [0, 0.05) is 16.7 Å². The normalized spacial score (nSPS) is 11.2. The first-order valence-electron chi connectivity index (χ1n) is 7.71. The second kappa shape index (κ2) is 9.11. The second-order valence-corrected chi connectivity index (χ2v) is 6.46. The number of halogens is 5. The summed E-state index contributed by atoms with van der Waals surface area (Å²) in [5.74, 6) is -0.946. The van der Waals surface area contributed by atoms with Gasteiger partial charge >= 0.3 is 6.18 Å². The molecule has 0 heterocycles. The summed E-state index contributed by atoms with van der Waals surface area (Å²) in [6, 6.07) is 9.40. The zero-order chi connectivity index (χ0) is 20.9. The number of nitro benzene ring substituents is 1. The van der Waals surface area contributed by atoms with E-state index < -0.39 is 36.7 Å². The van der Waals surface area contributed by atoms with Gasteiger partial charge in [0.1, 0.15) is 12.3 Å². The van der Waals surface area contributed by atoms with Crippen LogP contribution in [-0.4, -0.2) is 35.1 Å². The van der Waals surface area contributed by atoms with Crippen LogP contribution in [0.2, 0.25) is 10.0 Å². The molecule has 0 atom stereocenters. The van der Waals surface area contributed by atoms with E-state index in [0.29, 0.717) is 9.92 Å². The molecule has 11 heteroatoms. The molecule has 2 aromatic carbocycles. The van der Waals surface area contributed by atoms with Gasteiger partial charge in [0.15, 0.2) is 6.61 Å². The highest BCUT2D eigenvalue weighted by atomic mass is 35.5. The third-order valence-electron chi connectivity index (χ3n) is 3.52. The van der Waals surface area contributed by atoms with Crippen molar-refractivity contribution in [1.29, 1.82) is 0 Å². The van der Waals surface area contributed by atoms with Crippen LogP contribution in [0.15, 0.2) is 42.5 Å². The van der Waals surface area contributed by atoms with Gasteiger partial charge in [-0.05, 0) is 18.2 Å². The summed E-state index contributed by atoms with van der Waals surface area (Å²) in [6.45, 7) is -2.93. The Labute approximate surface area is 167 Å². The van der Waals surface area contributed by atoms with Crippen LogP contribution in [0.4, 0.5) is 18.9 Å². The van der Waals surface area contributed by atoms with Crippen molar-refractivity contribution in [1.82, 2.24) is 4.90 Å². The third kappa shape index (κ3) is 6.28. The minimum atomic E-state index is -4.70. The first kappa shape index (κ1) is 21.8. The topological polar surface area (TPSA) is 72.7 Å². The van der Waals surface area contributed by atoms with E-state index in [0.717, 1.165) is 6.07 Å². The van der Waals surface area contributed by atoms with Gasteiger partial charge in [-0.15, -0.1) is 0 Å². The molecule has 28 heavy (non-hydrogen) atoms. The Morgan fingerprint density at radius 1 is 1.18 bits per heavy atom. The van der Waals surface area contributed by atoms with E-state index in [1.807, 2.05) is 0 Å². The highest BCUT2D eigenvalue weighted by molar-refractivity contribution is 6.35. The fourth-order valence-corrected chi connectivity index (χ4v) is 2.76. The Morgan fingerprint density at radius 2 is 1.86 bits per heavy atom. The number of alkyl halides is 3. The van der Waals surface area contributed by atoms with Gasteiger partial charge in [-0.25, -0.2) is 0 Å². The summed E-state index contributed by atoms with van der Waals surface area (Å²) in [4.78, 5) is 23.1. The molecule has 0 saturated carbocycles. The number of rotatable bonds is 7. The number of para-hydroxylation sites is 1. The Hall–Kier alpha value is -2.52. The molecule has 2 rings (SSSR count). The molecule has 0 aliphatic rings. The zero-order valence-corrected chi connectivity index (χ0v) is 15.6. The molecule has 0 bridgehead atoms. The number of carbonyl (C=O) groups is 1. The molecule has 0 saturated heterocycles. The molecule has 2 aromatic rings. The van der Waals surface area contributed by atoms with Gasteiger partial charge in [-0.1, -0.05) is 41.4 Å². The van der Waals surface area contributed by atoms with Gasteiger partial charge in [0.2, 0.25) is 0 Å². The number of carbonyl (C=O) groups excluding carboxylic acids is 1. The van der Waals surface area contributed by atoms with E-state index in [4.69, 9.17) is 27.9 Å². The summed E-state index contributed by atoms with van der Waals surface area (Å²) in [5, 5.41) is 11.5. The molecule has 0 aliphatic heterocycles. The zero-order valence-electron chi connectivity index (χ0n) is 14.1. The van der Waals surface area contributed by atoms with Crippen molar-refractivity contribution in [2.75, 3.05) is 13.2 Å². The first-order valence-corrected chi connectivity index (χ1v) is 8.47. The maximum atomic E-state index is 12.9. The molecule has 6 nitrogen and oxygen atoms in total. The van der Waals surface area contributed by atoms with E-state index in [1.165, 1.54) is 36.4 Å². The molecule has 0 radical (unpaired) electrons. The highest BCUT2D eigenvalue weighted by Crippen LogP contribution is 2.28. The minimum absolute atomic E-state index is 0.0328. The standard InChI is InChI=1S/C17H13Cl2F3N2O4/c18-12-5-6-15(13(19)7-12)28-9-16(25)23(10-17(20,21)22)8-11-3-1-2-4-14(11)24(26)27/h1-7H,8-10H2. The van der Waals surface area contributed by atoms with Crippen LogP contribution < -0.4 is 4.74 Å². The first-order chi connectivity index (χ1) is 13.1. The van der Waals surface area contributed by atoms with Crippen LogP contribution in [0.5, 0.6) is 5.75 Å². The van der Waals surface area contributed by atoms with E-state index in [1.54, 1.807) is 0 Å². The Bertz CT molecular complexity index is 878. The van der Waals surface area contributed by atoms with Crippen molar-refractivity contribution in [3.63, 3.8) is 0 Å². The van der Waals surface area contributed by atoms with Crippen molar-refractivity contribution >= 4 is 34.8 Å². The molecule has 0 aromatic heterocycles. The monoisotopic (exact) mass is 436 g/mol. The molecule has 0 spiro atoms. The van der Waals surface area contributed by atoms with E-state index in [-0.39, 0.29) is 22.0 Å². The van der Waals surface area contributed by atoms with Gasteiger partial charge in [0.25, 0.3) is 11.6 Å². The number of benzene rings is 2. The summed E-state index contributed by atoms with van der Waals surface area (Å²) in [6.07, 6.45) is -4.70. The molecular formula is C17H13Cl2F3N2O4. The summed E-state index contributed by atoms with van der Waals surface area (Å²) >= 11 is 11.6. The van der Waals surface area contributed by atoms with Crippen molar-refractivity contribution < 1.29 is 27.6 Å². The van der Waals surface area contributed by atoms with Crippen molar-refractivity contribution in [3.8, 4) is 5.75 Å². The fourth-order valence-electron chi connectivity index (χ4n) is 2.30. The SMILES string of the molecule is O=C(COc1ccc(Cl)cc1Cl)N(Cc1ccccc1[N+](=O)[O-])CC(F)(F)F. The number of hydrogen-bond acceptors (Lipinski definition) is 4. The molecule has 0 aliphatic carbocycles. The van der Waals surface area contributed by atoms with Crippen LogP contribution in [0.25, 0.3) is 0 Å². The number of amides is 1. The summed E-state index contributed by atoms with van der Waals surface area (Å²) in [7, 11) is 0. The fraction of sp³-hybridized carbons (Fsp3) is 0.235. The van der Waals surface area contributed by atoms with E-state index in [9.17, 15) is 28.1 Å². The largest absolute Gasteiger partial charge is 0.482 e. The summed E-state index contributed by atoms with van der Waals surface area (Å²) < 4.78 is 43.9. The predicted molar refractivity (Wildman–Crippen MR) is 96.5 cm³/mol. The maximum absolute atomic E-state index is 12.9. The van der Waals surface area contributed by atoms with Gasteiger partial charge in [-0.2, -0.15) is 13.2 Å². The van der Waals surface area contributed by atoms with Crippen LogP contribution >= 0.6 is 23.2 Å². The minimum Gasteiger partial charge on any atom is -0.482 e. The Kier molecular flexibility index (Phi) is 7.09. The number of nitrogens with zero attached hydrogens (tertiary/aromatic N) is 2. The Morgan fingerprint density at radius 3 is 2.46 bits per heavy atom. The van der Waals surface area contributed by atoms with Crippen molar-refractivity contribution in [2.24, 2.45) is 0 Å². The van der Waals surface area contributed by atoms with Crippen LogP contribution in [0.3, 0.4) is 0 Å². The van der Waals surface area contributed by atoms with Crippen LogP contribution in [0, 0.1) is 10.1 Å². The number of hydrogen-bond donors (Lipinski definition) is 0. The predicted octanol–water partition coefficient (Wildman–Crippen LogP) is 4.87. The van der Waals surface area contributed by atoms with Crippen LogP contribution in [0.1, 0.15) is 5.56 Å². The van der Waals surface area contributed by atoms with Crippen molar-refractivity contribution in [2.45, 2.75) is 12.7 Å². The molecule has 0 N–H and O–H groups in total. The lowest BCUT2D eigenvalue weighted by molar-refractivity contribution is -0.385. The van der Waals surface area contributed by atoms with E-state index in [2.05, 4.69) is 0 Å². The van der Waals surface area contributed by atoms with Gasteiger partial charge < -0.3 is 9.64 Å². The lowest BCUT2D eigenvalue weighted by Gasteiger charge is -2.24. The Balaban J connectivity index is 2.18. The third-order valence-corrected chi connectivity index (χ3v) is 4.05. The smallest absolute Gasteiger partial charge is 0.406 e. The van der Waals surface area contributed by atoms with E-state index >= 15 is 0 Å². The van der Waals surface area contributed by atoms with Crippen molar-refractivity contribution in [3.05, 3.63) is 68.2 Å². The van der Waals surface area contributed by atoms with Crippen LogP contribution in [-0.2, 0) is 11.3 Å². The highest BCUT2D eigenvalue weighted by Gasteiger charge is 2.34. The molecule has 150 valence electrons. The quantitative estimate of drug-likeness (QED) is 0.458. The average Bonchev–Trinajstić information content (AvgIpc) is 2.59. The van der Waals surface area contributed by atoms with Gasteiger partial charge in [0.05, 0.1) is 16.5 Å².